The van der Waals surface area contributed by atoms with Crippen LogP contribution in [0.2, 0.25) is 0 Å². The number of anilines is 2. The summed E-state index contributed by atoms with van der Waals surface area (Å²) in [6.45, 7) is 1.61. The van der Waals surface area contributed by atoms with E-state index in [4.69, 9.17) is 0 Å². The topological polar surface area (TPSA) is 74.3 Å². The predicted molar refractivity (Wildman–Crippen MR) is 93.0 cm³/mol. The highest BCUT2D eigenvalue weighted by Gasteiger charge is 2.15. The molecule has 1 aliphatic rings. The van der Waals surface area contributed by atoms with Gasteiger partial charge in [-0.3, -0.25) is 9.59 Å². The largest absolute Gasteiger partial charge is 0.357 e. The van der Waals surface area contributed by atoms with Crippen LogP contribution in [0.3, 0.4) is 0 Å². The summed E-state index contributed by atoms with van der Waals surface area (Å²) in [5.74, 6) is -2.16. The van der Waals surface area contributed by atoms with Crippen LogP contribution < -0.4 is 15.5 Å². The fourth-order valence-corrected chi connectivity index (χ4v) is 2.73. The van der Waals surface area contributed by atoms with E-state index in [2.05, 4.69) is 20.5 Å². The van der Waals surface area contributed by atoms with E-state index in [1.807, 2.05) is 6.07 Å². The van der Waals surface area contributed by atoms with E-state index in [0.717, 1.165) is 43.9 Å². The average Bonchev–Trinajstić information content (AvgIpc) is 3.15. The molecule has 0 aliphatic carbocycles. The maximum absolute atomic E-state index is 13.5. The quantitative estimate of drug-likeness (QED) is 0.858. The number of halogens is 2. The molecule has 6 nitrogen and oxygen atoms in total. The Morgan fingerprint density at radius 1 is 1.12 bits per heavy atom. The first kappa shape index (κ1) is 17.8. The minimum Gasteiger partial charge on any atom is -0.357 e. The first-order valence-electron chi connectivity index (χ1n) is 8.27. The SMILES string of the molecule is O=C(CNC(=O)c1ccc(F)cc1F)Nc1ccc(N2CCCC2)nc1. The third-order valence-corrected chi connectivity index (χ3v) is 4.05. The number of amides is 2. The number of carbonyl (C=O) groups is 2. The van der Waals surface area contributed by atoms with E-state index in [0.29, 0.717) is 11.8 Å². The Kier molecular flexibility index (Phi) is 5.40. The van der Waals surface area contributed by atoms with Crippen LogP contribution in [-0.2, 0) is 4.79 Å². The molecule has 2 aromatic rings. The monoisotopic (exact) mass is 360 g/mol. The number of nitrogens with zero attached hydrogens (tertiary/aromatic N) is 2. The van der Waals surface area contributed by atoms with Crippen molar-refractivity contribution in [1.29, 1.82) is 0 Å². The van der Waals surface area contributed by atoms with Crippen LogP contribution in [0.4, 0.5) is 20.3 Å². The molecular weight excluding hydrogens is 342 g/mol. The maximum atomic E-state index is 13.5. The molecule has 0 atom stereocenters. The molecule has 3 rings (SSSR count). The Morgan fingerprint density at radius 2 is 1.88 bits per heavy atom. The molecule has 1 aliphatic heterocycles. The molecular formula is C18H18F2N4O2. The van der Waals surface area contributed by atoms with Crippen molar-refractivity contribution in [3.8, 4) is 0 Å². The normalized spacial score (nSPS) is 13.5. The van der Waals surface area contributed by atoms with E-state index in [9.17, 15) is 18.4 Å². The summed E-state index contributed by atoms with van der Waals surface area (Å²) in [4.78, 5) is 30.2. The van der Waals surface area contributed by atoms with Crippen LogP contribution >= 0.6 is 0 Å². The first-order chi connectivity index (χ1) is 12.5. The number of benzene rings is 1. The van der Waals surface area contributed by atoms with E-state index in [-0.39, 0.29) is 12.1 Å². The first-order valence-corrected chi connectivity index (χ1v) is 8.27. The smallest absolute Gasteiger partial charge is 0.254 e. The Morgan fingerprint density at radius 3 is 2.54 bits per heavy atom. The molecule has 2 N–H and O–H groups in total. The molecule has 8 heteroatoms. The van der Waals surface area contributed by atoms with Crippen molar-refractivity contribution in [3.05, 3.63) is 53.7 Å². The third kappa shape index (κ3) is 4.33. The molecule has 0 unspecified atom stereocenters. The van der Waals surface area contributed by atoms with Gasteiger partial charge in [-0.25, -0.2) is 13.8 Å². The Labute approximate surface area is 149 Å². The van der Waals surface area contributed by atoms with Crippen LogP contribution in [0.15, 0.2) is 36.5 Å². The second-order valence-corrected chi connectivity index (χ2v) is 5.95. The second kappa shape index (κ2) is 7.90. The van der Waals surface area contributed by atoms with Crippen LogP contribution in [0.1, 0.15) is 23.2 Å². The minimum atomic E-state index is -0.982. The van der Waals surface area contributed by atoms with Gasteiger partial charge in [0.2, 0.25) is 5.91 Å². The molecule has 1 fully saturated rings. The van der Waals surface area contributed by atoms with Crippen molar-refractivity contribution >= 4 is 23.3 Å². The number of hydrogen-bond acceptors (Lipinski definition) is 4. The third-order valence-electron chi connectivity index (χ3n) is 4.05. The molecule has 26 heavy (non-hydrogen) atoms. The summed E-state index contributed by atoms with van der Waals surface area (Å²) in [6, 6.07) is 6.18. The molecule has 1 aromatic heterocycles. The van der Waals surface area contributed by atoms with Crippen molar-refractivity contribution < 1.29 is 18.4 Å². The van der Waals surface area contributed by atoms with Gasteiger partial charge >= 0.3 is 0 Å². The lowest BCUT2D eigenvalue weighted by Crippen LogP contribution is -2.33. The van der Waals surface area contributed by atoms with Crippen LogP contribution in [-0.4, -0.2) is 36.4 Å². The van der Waals surface area contributed by atoms with Crippen LogP contribution in [0.5, 0.6) is 0 Å². The van der Waals surface area contributed by atoms with E-state index in [1.165, 1.54) is 0 Å². The zero-order chi connectivity index (χ0) is 18.5. The molecule has 2 heterocycles. The molecule has 0 spiro atoms. The molecule has 1 saturated heterocycles. The fraction of sp³-hybridized carbons (Fsp3) is 0.278. The molecule has 1 aromatic carbocycles. The number of pyridine rings is 1. The average molecular weight is 360 g/mol. The van der Waals surface area contributed by atoms with Gasteiger partial charge < -0.3 is 15.5 Å². The number of aromatic nitrogens is 1. The Hall–Kier alpha value is -3.03. The summed E-state index contributed by atoms with van der Waals surface area (Å²) in [5.41, 5.74) is 0.177. The summed E-state index contributed by atoms with van der Waals surface area (Å²) >= 11 is 0. The van der Waals surface area contributed by atoms with Crippen molar-refractivity contribution in [1.82, 2.24) is 10.3 Å². The van der Waals surface area contributed by atoms with Gasteiger partial charge in [-0.2, -0.15) is 0 Å². The molecule has 2 amide bonds. The zero-order valence-corrected chi connectivity index (χ0v) is 14.0. The van der Waals surface area contributed by atoms with Gasteiger partial charge in [0.05, 0.1) is 24.0 Å². The lowest BCUT2D eigenvalue weighted by atomic mass is 10.2. The van der Waals surface area contributed by atoms with Gasteiger partial charge in [-0.1, -0.05) is 0 Å². The number of rotatable bonds is 5. The molecule has 0 saturated carbocycles. The highest BCUT2D eigenvalue weighted by Crippen LogP contribution is 2.19. The lowest BCUT2D eigenvalue weighted by Gasteiger charge is -2.16. The predicted octanol–water partition coefficient (Wildman–Crippen LogP) is 2.33. The highest BCUT2D eigenvalue weighted by atomic mass is 19.1. The second-order valence-electron chi connectivity index (χ2n) is 5.95. The Bertz CT molecular complexity index is 805. The minimum absolute atomic E-state index is 0.323. The van der Waals surface area contributed by atoms with Crippen LogP contribution in [0.25, 0.3) is 0 Å². The van der Waals surface area contributed by atoms with E-state index < -0.39 is 23.4 Å². The summed E-state index contributed by atoms with van der Waals surface area (Å²) in [5, 5.41) is 4.90. The van der Waals surface area contributed by atoms with Crippen LogP contribution in [0, 0.1) is 11.6 Å². The van der Waals surface area contributed by atoms with Gasteiger partial charge in [0.15, 0.2) is 0 Å². The van der Waals surface area contributed by atoms with Crippen molar-refractivity contribution in [3.63, 3.8) is 0 Å². The van der Waals surface area contributed by atoms with Gasteiger partial charge in [-0.05, 0) is 37.1 Å². The summed E-state index contributed by atoms with van der Waals surface area (Å²) in [7, 11) is 0. The summed E-state index contributed by atoms with van der Waals surface area (Å²) in [6.07, 6.45) is 3.84. The van der Waals surface area contributed by atoms with E-state index >= 15 is 0 Å². The van der Waals surface area contributed by atoms with Gasteiger partial charge in [0, 0.05) is 19.2 Å². The summed E-state index contributed by atoms with van der Waals surface area (Å²) < 4.78 is 26.4. The number of carbonyl (C=O) groups excluding carboxylic acids is 2. The highest BCUT2D eigenvalue weighted by molar-refractivity contribution is 5.99. The maximum Gasteiger partial charge on any atom is 0.254 e. The number of hydrogen-bond donors (Lipinski definition) is 2. The Balaban J connectivity index is 1.51. The molecule has 0 radical (unpaired) electrons. The lowest BCUT2D eigenvalue weighted by molar-refractivity contribution is -0.115. The molecule has 136 valence electrons. The standard InChI is InChI=1S/C18H18F2N4O2/c19-12-3-5-14(15(20)9-12)18(26)22-11-17(25)23-13-4-6-16(21-10-13)24-7-1-2-8-24/h3-6,9-10H,1-2,7-8,11H2,(H,22,26)(H,23,25). The van der Waals surface area contributed by atoms with Crippen molar-refractivity contribution in [2.75, 3.05) is 29.9 Å². The number of nitrogens with one attached hydrogen (secondary N) is 2. The van der Waals surface area contributed by atoms with Crippen molar-refractivity contribution in [2.24, 2.45) is 0 Å². The van der Waals surface area contributed by atoms with Gasteiger partial charge in [0.1, 0.15) is 17.5 Å². The van der Waals surface area contributed by atoms with Gasteiger partial charge in [-0.15, -0.1) is 0 Å². The van der Waals surface area contributed by atoms with Crippen molar-refractivity contribution in [2.45, 2.75) is 12.8 Å². The fourth-order valence-electron chi connectivity index (χ4n) is 2.73. The van der Waals surface area contributed by atoms with E-state index in [1.54, 1.807) is 12.3 Å². The van der Waals surface area contributed by atoms with Gasteiger partial charge in [0.25, 0.3) is 5.91 Å². The zero-order valence-electron chi connectivity index (χ0n) is 14.0. The molecule has 0 bridgehead atoms.